The lowest BCUT2D eigenvalue weighted by Gasteiger charge is -2.21. The number of amides is 1. The van der Waals surface area contributed by atoms with Gasteiger partial charge in [0, 0.05) is 39.9 Å². The molecule has 0 radical (unpaired) electrons. The molecule has 0 unspecified atom stereocenters. The number of halogens is 7. The quantitative estimate of drug-likeness (QED) is 0.197. The molecule has 0 aliphatic carbocycles. The van der Waals surface area contributed by atoms with Crippen molar-refractivity contribution in [1.82, 2.24) is 15.3 Å². The second-order valence-electron chi connectivity index (χ2n) is 9.07. The summed E-state index contributed by atoms with van der Waals surface area (Å²) in [6.45, 7) is 0. The van der Waals surface area contributed by atoms with Crippen LogP contribution in [-0.2, 0) is 4.79 Å². The first kappa shape index (κ1) is 28.0. The molecule has 0 saturated heterocycles. The first-order chi connectivity index (χ1) is 19.5. The van der Waals surface area contributed by atoms with Gasteiger partial charge in [-0.1, -0.05) is 29.8 Å². The van der Waals surface area contributed by atoms with E-state index in [1.165, 1.54) is 12.3 Å². The van der Waals surface area contributed by atoms with Crippen LogP contribution in [0, 0.1) is 17.5 Å². The van der Waals surface area contributed by atoms with Crippen LogP contribution < -0.4 is 5.32 Å². The Labute approximate surface area is 234 Å². The summed E-state index contributed by atoms with van der Waals surface area (Å²) >= 11 is 6.00. The normalized spacial score (nSPS) is 12.9. The lowest BCUT2D eigenvalue weighted by Crippen LogP contribution is -2.37. The van der Waals surface area contributed by atoms with Gasteiger partial charge in [0.25, 0.3) is 0 Å². The minimum absolute atomic E-state index is 0.0266. The largest absolute Gasteiger partial charge is 0.404 e. The van der Waals surface area contributed by atoms with Crippen molar-refractivity contribution in [1.29, 1.82) is 0 Å². The molecular formula is C30H18ClF6N3O. The number of benzene rings is 3. The highest BCUT2D eigenvalue weighted by molar-refractivity contribution is 6.30. The summed E-state index contributed by atoms with van der Waals surface area (Å²) in [4.78, 5) is 20.3. The first-order valence-corrected chi connectivity index (χ1v) is 12.4. The highest BCUT2D eigenvalue weighted by Crippen LogP contribution is 2.39. The van der Waals surface area contributed by atoms with Gasteiger partial charge in [-0.25, -0.2) is 13.2 Å². The lowest BCUT2D eigenvalue weighted by molar-refractivity contribution is -0.163. The molecule has 1 amide bonds. The summed E-state index contributed by atoms with van der Waals surface area (Å²) in [5.74, 6) is -6.90. The summed E-state index contributed by atoms with van der Waals surface area (Å²) in [6, 6.07) is 15.4. The Morgan fingerprint density at radius 1 is 0.927 bits per heavy atom. The van der Waals surface area contributed by atoms with Gasteiger partial charge in [-0.2, -0.15) is 13.2 Å². The fraction of sp³-hybridized carbons (Fsp3) is 0.0667. The van der Waals surface area contributed by atoms with E-state index >= 15 is 0 Å². The van der Waals surface area contributed by atoms with Crippen molar-refractivity contribution in [3.63, 3.8) is 0 Å². The summed E-state index contributed by atoms with van der Waals surface area (Å²) < 4.78 is 85.2. The summed E-state index contributed by atoms with van der Waals surface area (Å²) in [5.41, 5.74) is 0.337. The van der Waals surface area contributed by atoms with Gasteiger partial charge in [-0.15, -0.1) is 0 Å². The second kappa shape index (κ2) is 11.1. The van der Waals surface area contributed by atoms with Crippen LogP contribution in [0.15, 0.2) is 85.2 Å². The van der Waals surface area contributed by atoms with Crippen LogP contribution in [0.1, 0.15) is 22.7 Å². The van der Waals surface area contributed by atoms with E-state index in [9.17, 15) is 31.1 Å². The molecule has 2 heterocycles. The van der Waals surface area contributed by atoms with Gasteiger partial charge >= 0.3 is 6.18 Å². The second-order valence-corrected chi connectivity index (χ2v) is 9.50. The number of hydrogen-bond donors (Lipinski definition) is 2. The predicted molar refractivity (Wildman–Crippen MR) is 144 cm³/mol. The van der Waals surface area contributed by atoms with Gasteiger partial charge in [0.15, 0.2) is 5.92 Å². The summed E-state index contributed by atoms with van der Waals surface area (Å²) in [5, 5.41) is 2.58. The molecule has 0 saturated carbocycles. The molecule has 2 aromatic heterocycles. The number of nitrogens with one attached hydrogen (secondary N) is 2. The zero-order chi connectivity index (χ0) is 29.3. The number of fused-ring (bicyclic) bond motifs is 1. The number of nitrogens with zero attached hydrogens (tertiary/aromatic N) is 1. The molecule has 0 spiro atoms. The Hall–Kier alpha value is -4.57. The van der Waals surface area contributed by atoms with Crippen molar-refractivity contribution in [2.45, 2.75) is 12.1 Å². The minimum atomic E-state index is -5.09. The minimum Gasteiger partial charge on any atom is -0.361 e. The van der Waals surface area contributed by atoms with Gasteiger partial charge in [0.1, 0.15) is 17.5 Å². The Balaban J connectivity index is 1.65. The molecule has 0 bridgehead atoms. The molecule has 0 aliphatic heterocycles. The zero-order valence-electron chi connectivity index (χ0n) is 20.7. The maximum absolute atomic E-state index is 14.4. The molecule has 0 aliphatic rings. The van der Waals surface area contributed by atoms with E-state index in [4.69, 9.17) is 11.6 Å². The Morgan fingerprint density at radius 2 is 1.63 bits per heavy atom. The first-order valence-electron chi connectivity index (χ1n) is 12.0. The average molecular weight is 586 g/mol. The Morgan fingerprint density at radius 3 is 2.32 bits per heavy atom. The standard InChI is InChI=1S/C30H18ClF6N3O/c31-18-5-3-17(4-6-18)22-2-1-9-38-28(22)26(12-16-10-20(33)13-21(34)11-16)40-29(41)27(30(35,36)37)24-15-39-25-8-7-19(32)14-23(24)25/h1-15,27,39H,(H,40,41)/b26-12-/t27-/m1/s1. The topological polar surface area (TPSA) is 57.8 Å². The van der Waals surface area contributed by atoms with Crippen molar-refractivity contribution in [2.75, 3.05) is 0 Å². The van der Waals surface area contributed by atoms with Gasteiger partial charge in [-0.05, 0) is 71.3 Å². The monoisotopic (exact) mass is 585 g/mol. The van der Waals surface area contributed by atoms with Crippen molar-refractivity contribution in [3.05, 3.63) is 124 Å². The average Bonchev–Trinajstić information content (AvgIpc) is 3.30. The number of pyridine rings is 1. The molecule has 11 heteroatoms. The van der Waals surface area contributed by atoms with Crippen LogP contribution >= 0.6 is 11.6 Å². The van der Waals surface area contributed by atoms with Crippen molar-refractivity contribution < 1.29 is 31.1 Å². The number of rotatable bonds is 6. The van der Waals surface area contributed by atoms with Crippen LogP contribution in [0.3, 0.4) is 0 Å². The molecule has 2 N–H and O–H groups in total. The molecule has 41 heavy (non-hydrogen) atoms. The SMILES string of the molecule is O=C(N/C(=C\c1cc(F)cc(F)c1)c1ncccc1-c1ccc(Cl)cc1)[C@@H](c1c[nH]c2ccc(F)cc12)C(F)(F)F. The third kappa shape index (κ3) is 6.12. The van der Waals surface area contributed by atoms with Crippen molar-refractivity contribution in [3.8, 4) is 11.1 Å². The van der Waals surface area contributed by atoms with Gasteiger partial charge in [0.2, 0.25) is 5.91 Å². The van der Waals surface area contributed by atoms with E-state index in [0.29, 0.717) is 22.2 Å². The van der Waals surface area contributed by atoms with E-state index in [1.807, 2.05) is 0 Å². The highest BCUT2D eigenvalue weighted by atomic mass is 35.5. The van der Waals surface area contributed by atoms with Crippen molar-refractivity contribution >= 4 is 40.2 Å². The number of aromatic nitrogens is 2. The Kier molecular flexibility index (Phi) is 7.59. The van der Waals surface area contributed by atoms with E-state index in [0.717, 1.165) is 36.5 Å². The van der Waals surface area contributed by atoms with Crippen molar-refractivity contribution in [2.24, 2.45) is 0 Å². The maximum Gasteiger partial charge on any atom is 0.404 e. The fourth-order valence-corrected chi connectivity index (χ4v) is 4.62. The maximum atomic E-state index is 14.4. The number of carbonyl (C=O) groups excluding carboxylic acids is 1. The number of carbonyl (C=O) groups is 1. The molecule has 5 rings (SSSR count). The number of aromatic amines is 1. The van der Waals surface area contributed by atoms with E-state index in [-0.39, 0.29) is 27.9 Å². The van der Waals surface area contributed by atoms with E-state index in [2.05, 4.69) is 15.3 Å². The van der Waals surface area contributed by atoms with Gasteiger partial charge in [0.05, 0.1) is 11.4 Å². The number of hydrogen-bond acceptors (Lipinski definition) is 2. The molecule has 5 aromatic rings. The lowest BCUT2D eigenvalue weighted by atomic mass is 9.96. The van der Waals surface area contributed by atoms with Gasteiger partial charge < -0.3 is 10.3 Å². The predicted octanol–water partition coefficient (Wildman–Crippen LogP) is 8.26. The van der Waals surface area contributed by atoms with Gasteiger partial charge in [-0.3, -0.25) is 9.78 Å². The van der Waals surface area contributed by atoms with Crippen LogP contribution in [0.5, 0.6) is 0 Å². The van der Waals surface area contributed by atoms with Crippen LogP contribution in [-0.4, -0.2) is 22.1 Å². The molecule has 4 nitrogen and oxygen atoms in total. The smallest absolute Gasteiger partial charge is 0.361 e. The highest BCUT2D eigenvalue weighted by Gasteiger charge is 2.47. The summed E-state index contributed by atoms with van der Waals surface area (Å²) in [6.07, 6.45) is -1.63. The molecule has 208 valence electrons. The third-order valence-electron chi connectivity index (χ3n) is 6.25. The zero-order valence-corrected chi connectivity index (χ0v) is 21.5. The van der Waals surface area contributed by atoms with Crippen LogP contribution in [0.4, 0.5) is 26.3 Å². The number of H-pyrrole nitrogens is 1. The molecule has 1 atom stereocenters. The van der Waals surface area contributed by atoms with E-state index < -0.39 is 41.0 Å². The summed E-state index contributed by atoms with van der Waals surface area (Å²) in [7, 11) is 0. The molecular weight excluding hydrogens is 568 g/mol. The van der Waals surface area contributed by atoms with Crippen LogP contribution in [0.2, 0.25) is 5.02 Å². The molecule has 3 aromatic carbocycles. The molecule has 0 fully saturated rings. The Bertz CT molecular complexity index is 1760. The third-order valence-corrected chi connectivity index (χ3v) is 6.50. The van der Waals surface area contributed by atoms with Crippen LogP contribution in [0.25, 0.3) is 33.8 Å². The van der Waals surface area contributed by atoms with E-state index in [1.54, 1.807) is 36.4 Å². The number of alkyl halides is 3. The fourth-order valence-electron chi connectivity index (χ4n) is 4.50.